The molecule has 0 saturated carbocycles. The Hall–Kier alpha value is -5.99. The van der Waals surface area contributed by atoms with Crippen LogP contribution in [0.5, 0.6) is 0 Å². The summed E-state index contributed by atoms with van der Waals surface area (Å²) in [5, 5.41) is 14.9. The van der Waals surface area contributed by atoms with E-state index in [0.29, 0.717) is 0 Å². The summed E-state index contributed by atoms with van der Waals surface area (Å²) in [6.07, 6.45) is 2.06. The average molecular weight is 573 g/mol. The first-order valence-electron chi connectivity index (χ1n) is 15.4. The van der Waals surface area contributed by atoms with Crippen molar-refractivity contribution in [2.45, 2.75) is 0 Å². The molecule has 210 valence electrons. The molecule has 0 spiro atoms. The summed E-state index contributed by atoms with van der Waals surface area (Å²) in [5.74, 6) is 0. The third kappa shape index (κ3) is 4.30. The van der Waals surface area contributed by atoms with E-state index in [-0.39, 0.29) is 0 Å². The van der Waals surface area contributed by atoms with Gasteiger partial charge in [-0.05, 0) is 95.7 Å². The fourth-order valence-electron chi connectivity index (χ4n) is 6.85. The summed E-state index contributed by atoms with van der Waals surface area (Å²) in [4.78, 5) is 0. The molecule has 0 atom stereocenters. The number of nitrogens with zero attached hydrogens (tertiary/aromatic N) is 2. The van der Waals surface area contributed by atoms with Gasteiger partial charge in [0.15, 0.2) is 0 Å². The molecule has 9 aromatic rings. The number of hydrogen-bond donors (Lipinski definition) is 0. The fourth-order valence-corrected chi connectivity index (χ4v) is 6.85. The molecule has 0 bridgehead atoms. The maximum absolute atomic E-state index is 4.99. The minimum atomic E-state index is 0.959. The molecule has 2 heteroatoms. The number of rotatable bonds is 4. The lowest BCUT2D eigenvalue weighted by molar-refractivity contribution is 0.886. The van der Waals surface area contributed by atoms with Crippen molar-refractivity contribution in [2.75, 3.05) is 0 Å². The zero-order valence-electron chi connectivity index (χ0n) is 24.6. The fraction of sp³-hybridized carbons (Fsp3) is 0. The molecule has 0 fully saturated rings. The minimum absolute atomic E-state index is 0.959. The van der Waals surface area contributed by atoms with Gasteiger partial charge in [-0.3, -0.25) is 0 Å². The van der Waals surface area contributed by atoms with Gasteiger partial charge in [-0.2, -0.15) is 5.10 Å². The van der Waals surface area contributed by atoms with Crippen molar-refractivity contribution >= 4 is 43.1 Å². The van der Waals surface area contributed by atoms with E-state index in [1.165, 1.54) is 65.3 Å². The average Bonchev–Trinajstić information content (AvgIpc) is 3.61. The Balaban J connectivity index is 1.35. The number of benzene rings is 8. The van der Waals surface area contributed by atoms with Crippen LogP contribution in [-0.4, -0.2) is 9.78 Å². The van der Waals surface area contributed by atoms with Gasteiger partial charge in [0.2, 0.25) is 0 Å². The van der Waals surface area contributed by atoms with E-state index in [4.69, 9.17) is 5.10 Å². The second-order valence-corrected chi connectivity index (χ2v) is 11.7. The first-order chi connectivity index (χ1) is 22.3. The molecule has 9 rings (SSSR count). The zero-order valence-corrected chi connectivity index (χ0v) is 24.6. The van der Waals surface area contributed by atoms with Crippen molar-refractivity contribution in [3.63, 3.8) is 0 Å². The summed E-state index contributed by atoms with van der Waals surface area (Å²) in [5.41, 5.74) is 8.03. The first-order valence-corrected chi connectivity index (χ1v) is 15.4. The van der Waals surface area contributed by atoms with Crippen LogP contribution in [0.3, 0.4) is 0 Å². The molecule has 0 N–H and O–H groups in total. The molecule has 2 nitrogen and oxygen atoms in total. The quantitative estimate of drug-likeness (QED) is 0.192. The molecule has 0 saturated heterocycles. The van der Waals surface area contributed by atoms with Gasteiger partial charge in [-0.1, -0.05) is 133 Å². The van der Waals surface area contributed by atoms with Crippen molar-refractivity contribution in [1.29, 1.82) is 0 Å². The zero-order chi connectivity index (χ0) is 29.7. The van der Waals surface area contributed by atoms with Crippen LogP contribution in [0.1, 0.15) is 0 Å². The third-order valence-electron chi connectivity index (χ3n) is 9.01. The van der Waals surface area contributed by atoms with Crippen LogP contribution in [0.4, 0.5) is 0 Å². The summed E-state index contributed by atoms with van der Waals surface area (Å²) in [6.45, 7) is 0. The molecular weight excluding hydrogens is 544 g/mol. The van der Waals surface area contributed by atoms with E-state index in [0.717, 1.165) is 16.9 Å². The molecule has 45 heavy (non-hydrogen) atoms. The summed E-state index contributed by atoms with van der Waals surface area (Å²) in [6, 6.07) is 59.0. The van der Waals surface area contributed by atoms with E-state index in [1.54, 1.807) is 0 Å². The van der Waals surface area contributed by atoms with Gasteiger partial charge in [0, 0.05) is 11.8 Å². The molecule has 8 aromatic carbocycles. The van der Waals surface area contributed by atoms with Gasteiger partial charge in [-0.15, -0.1) is 0 Å². The van der Waals surface area contributed by atoms with Crippen molar-refractivity contribution in [3.8, 4) is 39.2 Å². The first kappa shape index (κ1) is 25.5. The minimum Gasteiger partial charge on any atom is -0.240 e. The van der Waals surface area contributed by atoms with E-state index in [2.05, 4.69) is 164 Å². The Morgan fingerprint density at radius 1 is 0.356 bits per heavy atom. The predicted octanol–water partition coefficient (Wildman–Crippen LogP) is 11.5. The predicted molar refractivity (Wildman–Crippen MR) is 190 cm³/mol. The normalized spacial score (nSPS) is 11.6. The van der Waals surface area contributed by atoms with Crippen LogP contribution in [0.15, 0.2) is 170 Å². The van der Waals surface area contributed by atoms with Crippen molar-refractivity contribution in [2.24, 2.45) is 0 Å². The van der Waals surface area contributed by atoms with Crippen LogP contribution in [0, 0.1) is 0 Å². The highest BCUT2D eigenvalue weighted by atomic mass is 15.3. The van der Waals surface area contributed by atoms with Crippen LogP contribution in [0.25, 0.3) is 82.3 Å². The lowest BCUT2D eigenvalue weighted by Gasteiger charge is -2.19. The van der Waals surface area contributed by atoms with Gasteiger partial charge in [0.25, 0.3) is 0 Å². The Labute approximate surface area is 261 Å². The van der Waals surface area contributed by atoms with Gasteiger partial charge >= 0.3 is 0 Å². The summed E-state index contributed by atoms with van der Waals surface area (Å²) >= 11 is 0. The molecule has 1 heterocycles. The lowest BCUT2D eigenvalue weighted by Crippen LogP contribution is -1.97. The van der Waals surface area contributed by atoms with Gasteiger partial charge < -0.3 is 0 Å². The van der Waals surface area contributed by atoms with Crippen LogP contribution in [0.2, 0.25) is 0 Å². The maximum atomic E-state index is 4.99. The Morgan fingerprint density at radius 2 is 0.889 bits per heavy atom. The molecule has 0 amide bonds. The monoisotopic (exact) mass is 572 g/mol. The second-order valence-electron chi connectivity index (χ2n) is 11.7. The standard InChI is InChI=1S/C43H28N2/c1-2-12-31(13-3-1)41-24-25-45(44-41)36-22-23-39-40(28-36)43(35-21-19-30-11-5-7-15-33(30)27-35)38-17-9-8-16-37(38)42(39)34-20-18-29-10-4-6-14-32(29)26-34/h1-28H. The van der Waals surface area contributed by atoms with E-state index < -0.39 is 0 Å². The van der Waals surface area contributed by atoms with Crippen LogP contribution >= 0.6 is 0 Å². The molecular formula is C43H28N2. The van der Waals surface area contributed by atoms with Gasteiger partial charge in [-0.25, -0.2) is 4.68 Å². The Bertz CT molecular complexity index is 2540. The SMILES string of the molecule is c1ccc(-c2ccn(-c3ccc4c(-c5ccc6ccccc6c5)c5ccccc5c(-c5ccc6ccccc6c5)c4c3)n2)cc1. The largest absolute Gasteiger partial charge is 0.240 e. The highest BCUT2D eigenvalue weighted by Crippen LogP contribution is 2.45. The Kier molecular flexibility index (Phi) is 5.85. The summed E-state index contributed by atoms with van der Waals surface area (Å²) < 4.78 is 2.00. The van der Waals surface area contributed by atoms with Crippen molar-refractivity contribution < 1.29 is 0 Å². The molecule has 0 unspecified atom stereocenters. The molecule has 1 aromatic heterocycles. The lowest BCUT2D eigenvalue weighted by atomic mass is 9.85. The number of aromatic nitrogens is 2. The van der Waals surface area contributed by atoms with Crippen LogP contribution in [-0.2, 0) is 0 Å². The third-order valence-corrected chi connectivity index (χ3v) is 9.01. The summed E-state index contributed by atoms with van der Waals surface area (Å²) in [7, 11) is 0. The molecule has 0 aliphatic carbocycles. The Morgan fingerprint density at radius 3 is 1.53 bits per heavy atom. The van der Waals surface area contributed by atoms with E-state index >= 15 is 0 Å². The van der Waals surface area contributed by atoms with Gasteiger partial charge in [0.05, 0.1) is 11.4 Å². The van der Waals surface area contributed by atoms with Gasteiger partial charge in [0.1, 0.15) is 0 Å². The number of fused-ring (bicyclic) bond motifs is 4. The highest BCUT2D eigenvalue weighted by molar-refractivity contribution is 6.22. The van der Waals surface area contributed by atoms with Crippen LogP contribution < -0.4 is 0 Å². The smallest absolute Gasteiger partial charge is 0.0927 e. The van der Waals surface area contributed by atoms with Crippen molar-refractivity contribution in [1.82, 2.24) is 9.78 Å². The maximum Gasteiger partial charge on any atom is 0.0927 e. The molecule has 0 aliphatic rings. The highest BCUT2D eigenvalue weighted by Gasteiger charge is 2.18. The second kappa shape index (κ2) is 10.3. The van der Waals surface area contributed by atoms with Crippen molar-refractivity contribution in [3.05, 3.63) is 170 Å². The topological polar surface area (TPSA) is 17.8 Å². The van der Waals surface area contributed by atoms with E-state index in [9.17, 15) is 0 Å². The van der Waals surface area contributed by atoms with E-state index in [1.807, 2.05) is 10.7 Å². The molecule has 0 radical (unpaired) electrons. The number of hydrogen-bond acceptors (Lipinski definition) is 1. The molecule has 0 aliphatic heterocycles.